The molecule has 1 atom stereocenters. The summed E-state index contributed by atoms with van der Waals surface area (Å²) >= 11 is 0. The monoisotopic (exact) mass is 383 g/mol. The van der Waals surface area contributed by atoms with Crippen molar-refractivity contribution in [1.82, 2.24) is 4.90 Å². The largest absolute Gasteiger partial charge is 0.507 e. The van der Waals surface area contributed by atoms with Crippen LogP contribution < -0.4 is 0 Å². The molecule has 5 nitrogen and oxygen atoms in total. The number of ketones is 1. The van der Waals surface area contributed by atoms with E-state index in [-0.39, 0.29) is 23.4 Å². The van der Waals surface area contributed by atoms with E-state index in [1.165, 1.54) is 23.1 Å². The fraction of sp³-hybridized carbons (Fsp3) is 0.273. The fourth-order valence-electron chi connectivity index (χ4n) is 3.38. The van der Waals surface area contributed by atoms with Gasteiger partial charge >= 0.3 is 0 Å². The third-order valence-electron chi connectivity index (χ3n) is 4.81. The van der Waals surface area contributed by atoms with Crippen molar-refractivity contribution < 1.29 is 23.8 Å². The molecule has 1 aliphatic rings. The number of carbonyl (C=O) groups is 2. The van der Waals surface area contributed by atoms with Gasteiger partial charge in [0.25, 0.3) is 11.7 Å². The molecule has 2 aromatic rings. The second kappa shape index (κ2) is 8.35. The summed E-state index contributed by atoms with van der Waals surface area (Å²) < 4.78 is 19.6. The Kier molecular flexibility index (Phi) is 5.90. The topological polar surface area (TPSA) is 66.8 Å². The van der Waals surface area contributed by atoms with Crippen LogP contribution in [0.25, 0.3) is 5.76 Å². The summed E-state index contributed by atoms with van der Waals surface area (Å²) in [7, 11) is 1.54. The van der Waals surface area contributed by atoms with Gasteiger partial charge in [-0.05, 0) is 19.4 Å². The highest BCUT2D eigenvalue weighted by atomic mass is 19.1. The van der Waals surface area contributed by atoms with Crippen LogP contribution in [-0.4, -0.2) is 42.0 Å². The number of amides is 1. The van der Waals surface area contributed by atoms with E-state index in [4.69, 9.17) is 4.74 Å². The van der Waals surface area contributed by atoms with E-state index in [2.05, 4.69) is 0 Å². The lowest BCUT2D eigenvalue weighted by Gasteiger charge is -2.25. The molecule has 0 bridgehead atoms. The van der Waals surface area contributed by atoms with E-state index < -0.39 is 23.5 Å². The van der Waals surface area contributed by atoms with Gasteiger partial charge in [-0.15, -0.1) is 0 Å². The van der Waals surface area contributed by atoms with Crippen molar-refractivity contribution in [3.63, 3.8) is 0 Å². The first-order chi connectivity index (χ1) is 13.5. The Morgan fingerprint density at radius 1 is 1.14 bits per heavy atom. The van der Waals surface area contributed by atoms with Gasteiger partial charge in [0.15, 0.2) is 0 Å². The minimum atomic E-state index is -0.987. The zero-order chi connectivity index (χ0) is 20.3. The Labute approximate surface area is 163 Å². The number of rotatable bonds is 6. The maximum absolute atomic E-state index is 14.6. The van der Waals surface area contributed by atoms with Crippen LogP contribution in [-0.2, 0) is 14.3 Å². The van der Waals surface area contributed by atoms with E-state index in [1.54, 1.807) is 37.4 Å². The number of likely N-dealkylation sites (tertiary alicyclic amines) is 1. The molecule has 0 saturated carbocycles. The SMILES string of the molecule is COCCCN1C(=O)C(=O)C(=C(O)c2ccc(C)cc2)[C@@H]1c1ccccc1F. The van der Waals surface area contributed by atoms with E-state index in [0.717, 1.165) is 5.56 Å². The molecule has 1 fully saturated rings. The summed E-state index contributed by atoms with van der Waals surface area (Å²) in [4.78, 5) is 26.7. The molecule has 3 rings (SSSR count). The molecule has 0 radical (unpaired) electrons. The quantitative estimate of drug-likeness (QED) is 0.358. The molecular weight excluding hydrogens is 361 g/mol. The first-order valence-electron chi connectivity index (χ1n) is 9.04. The number of carbonyl (C=O) groups excluding carboxylic acids is 2. The third kappa shape index (κ3) is 3.68. The number of aliphatic hydroxyl groups is 1. The van der Waals surface area contributed by atoms with Crippen LogP contribution in [0.2, 0.25) is 0 Å². The molecule has 1 N–H and O–H groups in total. The Balaban J connectivity index is 2.14. The number of ether oxygens (including phenoxy) is 1. The molecule has 1 aliphatic heterocycles. The average Bonchev–Trinajstić information content (AvgIpc) is 2.93. The van der Waals surface area contributed by atoms with Crippen molar-refractivity contribution in [2.75, 3.05) is 20.3 Å². The van der Waals surface area contributed by atoms with Crippen LogP contribution >= 0.6 is 0 Å². The van der Waals surface area contributed by atoms with Crippen LogP contribution in [0.15, 0.2) is 54.1 Å². The smallest absolute Gasteiger partial charge is 0.295 e. The second-order valence-electron chi connectivity index (χ2n) is 6.73. The summed E-state index contributed by atoms with van der Waals surface area (Å²) in [5.41, 5.74) is 1.47. The summed E-state index contributed by atoms with van der Waals surface area (Å²) in [5, 5.41) is 10.8. The van der Waals surface area contributed by atoms with Gasteiger partial charge in [0.1, 0.15) is 11.6 Å². The number of aliphatic hydroxyl groups excluding tert-OH is 1. The molecule has 0 aliphatic carbocycles. The van der Waals surface area contributed by atoms with E-state index in [0.29, 0.717) is 18.6 Å². The predicted octanol–water partition coefficient (Wildman–Crippen LogP) is 3.59. The van der Waals surface area contributed by atoms with Crippen molar-refractivity contribution in [3.05, 3.63) is 76.6 Å². The standard InChI is InChI=1S/C22H22FNO4/c1-14-8-10-15(11-9-14)20(25)18-19(16-6-3-4-7-17(16)23)24(12-5-13-28-2)22(27)21(18)26/h3-4,6-11,19,25H,5,12-13H2,1-2H3/t19-/m0/s1. The number of hydrogen-bond donors (Lipinski definition) is 1. The van der Waals surface area contributed by atoms with Gasteiger partial charge in [0.2, 0.25) is 0 Å². The van der Waals surface area contributed by atoms with Gasteiger partial charge in [0.05, 0.1) is 11.6 Å². The van der Waals surface area contributed by atoms with Crippen molar-refractivity contribution in [2.24, 2.45) is 0 Å². The lowest BCUT2D eigenvalue weighted by atomic mass is 9.94. The normalized spacial score (nSPS) is 18.7. The summed E-state index contributed by atoms with van der Waals surface area (Å²) in [6.07, 6.45) is 0.485. The van der Waals surface area contributed by atoms with E-state index in [1.807, 2.05) is 6.92 Å². The van der Waals surface area contributed by atoms with Crippen molar-refractivity contribution >= 4 is 17.4 Å². The predicted molar refractivity (Wildman–Crippen MR) is 103 cm³/mol. The number of aryl methyl sites for hydroxylation is 1. The maximum atomic E-state index is 14.6. The van der Waals surface area contributed by atoms with Crippen LogP contribution in [0.5, 0.6) is 0 Å². The van der Waals surface area contributed by atoms with Gasteiger partial charge < -0.3 is 14.7 Å². The molecule has 146 valence electrons. The Hall–Kier alpha value is -2.99. The van der Waals surface area contributed by atoms with Crippen LogP contribution in [0.4, 0.5) is 4.39 Å². The molecule has 1 amide bonds. The molecular formula is C22H22FNO4. The molecule has 0 spiro atoms. The fourth-order valence-corrected chi connectivity index (χ4v) is 3.38. The molecule has 6 heteroatoms. The zero-order valence-electron chi connectivity index (χ0n) is 15.8. The first-order valence-corrected chi connectivity index (χ1v) is 9.04. The van der Waals surface area contributed by atoms with Crippen LogP contribution in [0, 0.1) is 12.7 Å². The van der Waals surface area contributed by atoms with Crippen molar-refractivity contribution in [2.45, 2.75) is 19.4 Å². The van der Waals surface area contributed by atoms with Crippen molar-refractivity contribution in [1.29, 1.82) is 0 Å². The molecule has 0 unspecified atom stereocenters. The Bertz CT molecular complexity index is 920. The maximum Gasteiger partial charge on any atom is 0.295 e. The highest BCUT2D eigenvalue weighted by Gasteiger charge is 2.46. The van der Waals surface area contributed by atoms with Crippen LogP contribution in [0.3, 0.4) is 0 Å². The number of halogens is 1. The Morgan fingerprint density at radius 3 is 2.46 bits per heavy atom. The van der Waals surface area contributed by atoms with E-state index >= 15 is 0 Å². The second-order valence-corrected chi connectivity index (χ2v) is 6.73. The van der Waals surface area contributed by atoms with Gasteiger partial charge in [-0.3, -0.25) is 9.59 Å². The van der Waals surface area contributed by atoms with Crippen LogP contribution in [0.1, 0.15) is 29.2 Å². The molecule has 2 aromatic carbocycles. The first kappa shape index (κ1) is 19.8. The number of nitrogens with zero attached hydrogens (tertiary/aromatic N) is 1. The van der Waals surface area contributed by atoms with Gasteiger partial charge in [-0.25, -0.2) is 4.39 Å². The highest BCUT2D eigenvalue weighted by molar-refractivity contribution is 6.46. The third-order valence-corrected chi connectivity index (χ3v) is 4.81. The lowest BCUT2D eigenvalue weighted by Crippen LogP contribution is -2.31. The molecule has 1 saturated heterocycles. The summed E-state index contributed by atoms with van der Waals surface area (Å²) in [5.74, 6) is -2.41. The van der Waals surface area contributed by atoms with Crippen molar-refractivity contribution in [3.8, 4) is 0 Å². The minimum Gasteiger partial charge on any atom is -0.507 e. The number of Topliss-reactive ketones (excluding diaryl/α,β-unsaturated/α-hetero) is 1. The highest BCUT2D eigenvalue weighted by Crippen LogP contribution is 2.40. The Morgan fingerprint density at radius 2 is 1.82 bits per heavy atom. The van der Waals surface area contributed by atoms with Gasteiger partial charge in [-0.1, -0.05) is 48.0 Å². The minimum absolute atomic E-state index is 0.101. The summed E-state index contributed by atoms with van der Waals surface area (Å²) in [6, 6.07) is 11.9. The van der Waals surface area contributed by atoms with E-state index in [9.17, 15) is 19.1 Å². The lowest BCUT2D eigenvalue weighted by molar-refractivity contribution is -0.140. The average molecular weight is 383 g/mol. The summed E-state index contributed by atoms with van der Waals surface area (Å²) in [6.45, 7) is 2.50. The number of hydrogen-bond acceptors (Lipinski definition) is 4. The molecule has 28 heavy (non-hydrogen) atoms. The molecule has 1 heterocycles. The van der Waals surface area contributed by atoms with Gasteiger partial charge in [-0.2, -0.15) is 0 Å². The zero-order valence-corrected chi connectivity index (χ0v) is 15.8. The van der Waals surface area contributed by atoms with Gasteiger partial charge in [0, 0.05) is 31.4 Å². The number of benzene rings is 2. The molecule has 0 aromatic heterocycles. The number of methoxy groups -OCH3 is 1.